The molecule has 0 aromatic heterocycles. The monoisotopic (exact) mass is 384 g/mol. The van der Waals surface area contributed by atoms with Gasteiger partial charge in [0.05, 0.1) is 0 Å². The topological polar surface area (TPSA) is 0 Å². The first-order valence-corrected chi connectivity index (χ1v) is 10.1. The number of benzene rings is 1. The summed E-state index contributed by atoms with van der Waals surface area (Å²) in [6.45, 7) is 10.5. The zero-order valence-electron chi connectivity index (χ0n) is 13.9. The molecule has 0 bridgehead atoms. The van der Waals surface area contributed by atoms with Crippen LogP contribution in [0.15, 0.2) is 91.0 Å². The van der Waals surface area contributed by atoms with Gasteiger partial charge in [-0.1, -0.05) is 25.7 Å². The molecule has 0 aliphatic rings. The quantitative estimate of drug-likeness (QED) is 0.326. The minimum absolute atomic E-state index is 0. The fraction of sp³-hybridized carbons (Fsp3) is 0.150. The van der Waals surface area contributed by atoms with Crippen molar-refractivity contribution >= 4 is 8.80 Å². The Labute approximate surface area is 157 Å². The Balaban J connectivity index is 0. The molecule has 0 nitrogen and oxygen atoms in total. The molecule has 3 rings (SSSR count). The maximum atomic E-state index is 3.72. The molecule has 114 valence electrons. The Morgan fingerprint density at radius 1 is 0.682 bits per heavy atom. The molecular formula is C20H26SiZr. The van der Waals surface area contributed by atoms with Crippen molar-refractivity contribution in [3.8, 4) is 0 Å². The van der Waals surface area contributed by atoms with E-state index in [-0.39, 0.29) is 35.0 Å². The summed E-state index contributed by atoms with van der Waals surface area (Å²) in [4.78, 5) is 0. The van der Waals surface area contributed by atoms with Crippen LogP contribution in [-0.4, -0.2) is 8.80 Å². The van der Waals surface area contributed by atoms with Gasteiger partial charge < -0.3 is 0 Å². The van der Waals surface area contributed by atoms with E-state index < -0.39 is 0 Å². The van der Waals surface area contributed by atoms with Gasteiger partial charge in [-0.25, -0.2) is 24.3 Å². The summed E-state index contributed by atoms with van der Waals surface area (Å²) in [6, 6.07) is 29.9. The third-order valence-electron chi connectivity index (χ3n) is 1.95. The zero-order valence-corrected chi connectivity index (χ0v) is 17.3. The second-order valence-corrected chi connectivity index (χ2v) is 7.91. The van der Waals surface area contributed by atoms with Crippen molar-refractivity contribution in [3.05, 3.63) is 103 Å². The molecule has 22 heavy (non-hydrogen) atoms. The van der Waals surface area contributed by atoms with Crippen molar-refractivity contribution < 1.29 is 26.2 Å². The first-order valence-electron chi connectivity index (χ1n) is 7.10. The number of hydrogen-bond acceptors (Lipinski definition) is 0. The molecule has 0 spiro atoms. The molecule has 0 amide bonds. The van der Waals surface area contributed by atoms with Gasteiger partial charge in [-0.3, -0.25) is 0 Å². The van der Waals surface area contributed by atoms with Crippen LogP contribution in [0.25, 0.3) is 0 Å². The molecule has 0 aliphatic carbocycles. The Morgan fingerprint density at radius 3 is 1.14 bits per heavy atom. The van der Waals surface area contributed by atoms with Crippen LogP contribution in [0.5, 0.6) is 0 Å². The predicted molar refractivity (Wildman–Crippen MR) is 98.3 cm³/mol. The van der Waals surface area contributed by atoms with E-state index in [2.05, 4.69) is 26.6 Å². The molecule has 3 aromatic rings. The van der Waals surface area contributed by atoms with Crippen molar-refractivity contribution in [1.29, 1.82) is 0 Å². The molecule has 2 heteroatoms. The van der Waals surface area contributed by atoms with E-state index in [4.69, 9.17) is 0 Å². The van der Waals surface area contributed by atoms with Crippen LogP contribution in [0.2, 0.25) is 19.6 Å². The first kappa shape index (κ1) is 23.2. The minimum atomic E-state index is 0. The summed E-state index contributed by atoms with van der Waals surface area (Å²) in [5, 5.41) is 0. The Hall–Kier alpha value is -1.11. The smallest absolute Gasteiger partial charge is 0.214 e. The summed E-state index contributed by atoms with van der Waals surface area (Å²) < 4.78 is 0. The van der Waals surface area contributed by atoms with Crippen LogP contribution < -0.4 is 0 Å². The van der Waals surface area contributed by atoms with E-state index in [0.717, 1.165) is 5.56 Å². The molecule has 3 aromatic carbocycles. The van der Waals surface area contributed by atoms with Crippen molar-refractivity contribution in [2.75, 3.05) is 0 Å². The SMILES string of the molecule is C[Si](C)C.[CH2-]c1ccccc1.[Zr+3].c1cc[cH-]c1.c1cc[cH-]c1. The molecule has 0 saturated carbocycles. The Bertz CT molecular complexity index is 406. The molecular weight excluding hydrogens is 360 g/mol. The van der Waals surface area contributed by atoms with Gasteiger partial charge in [-0.15, -0.1) is 12.1 Å². The Morgan fingerprint density at radius 2 is 1.00 bits per heavy atom. The molecule has 0 atom stereocenters. The van der Waals surface area contributed by atoms with Crippen LogP contribution in [0.1, 0.15) is 5.56 Å². The average Bonchev–Trinajstić information content (AvgIpc) is 3.18. The van der Waals surface area contributed by atoms with Gasteiger partial charge in [0.2, 0.25) is 0 Å². The van der Waals surface area contributed by atoms with E-state index in [1.807, 2.05) is 91.0 Å². The van der Waals surface area contributed by atoms with Crippen molar-refractivity contribution in [3.63, 3.8) is 0 Å². The summed E-state index contributed by atoms with van der Waals surface area (Å²) >= 11 is 0. The summed E-state index contributed by atoms with van der Waals surface area (Å²) in [7, 11) is 0.120. The summed E-state index contributed by atoms with van der Waals surface area (Å²) in [5.41, 5.74) is 1.07. The first-order chi connectivity index (χ1) is 10.1. The van der Waals surface area contributed by atoms with E-state index >= 15 is 0 Å². The largest absolute Gasteiger partial charge is 3.00 e. The fourth-order valence-electron chi connectivity index (χ4n) is 1.12. The minimum Gasteiger partial charge on any atom is -0.214 e. The van der Waals surface area contributed by atoms with Crippen LogP contribution in [-0.2, 0) is 26.2 Å². The molecule has 0 N–H and O–H groups in total. The van der Waals surface area contributed by atoms with Gasteiger partial charge in [0, 0.05) is 8.80 Å². The molecule has 0 saturated heterocycles. The van der Waals surface area contributed by atoms with Crippen molar-refractivity contribution in [2.45, 2.75) is 19.6 Å². The van der Waals surface area contributed by atoms with Gasteiger partial charge >= 0.3 is 26.2 Å². The molecule has 2 radical (unpaired) electrons. The van der Waals surface area contributed by atoms with Crippen molar-refractivity contribution in [1.82, 2.24) is 0 Å². The maximum absolute atomic E-state index is 3.72. The second-order valence-electron chi connectivity index (χ2n) is 4.91. The van der Waals surface area contributed by atoms with E-state index in [0.29, 0.717) is 0 Å². The van der Waals surface area contributed by atoms with E-state index in [9.17, 15) is 0 Å². The average molecular weight is 386 g/mol. The molecule has 0 fully saturated rings. The van der Waals surface area contributed by atoms with E-state index in [1.54, 1.807) is 0 Å². The van der Waals surface area contributed by atoms with Crippen LogP contribution in [0, 0.1) is 6.92 Å². The van der Waals surface area contributed by atoms with Crippen LogP contribution in [0.4, 0.5) is 0 Å². The number of hydrogen-bond donors (Lipinski definition) is 0. The van der Waals surface area contributed by atoms with Crippen LogP contribution >= 0.6 is 0 Å². The van der Waals surface area contributed by atoms with Gasteiger partial charge in [0.1, 0.15) is 0 Å². The van der Waals surface area contributed by atoms with Gasteiger partial charge in [-0.2, -0.15) is 61.0 Å². The number of rotatable bonds is 0. The zero-order chi connectivity index (χ0) is 15.8. The third kappa shape index (κ3) is 21.2. The standard InChI is InChI=1S/C7H7.2C5H5.C3H9Si.Zr/c1-7-5-3-2-4-6-7;2*1-2-4-5-3-1;1-4(2)3;/h2-6H,1H2;2*1-5H;1-3H3;/q3*-1;;+3. The second kappa shape index (κ2) is 17.9. The molecule has 0 unspecified atom stereocenters. The Kier molecular flexibility index (Phi) is 18.9. The van der Waals surface area contributed by atoms with Gasteiger partial charge in [0.25, 0.3) is 0 Å². The predicted octanol–water partition coefficient (Wildman–Crippen LogP) is 6.05. The molecule has 0 aliphatic heterocycles. The summed E-state index contributed by atoms with van der Waals surface area (Å²) in [5.74, 6) is 0. The van der Waals surface area contributed by atoms with Gasteiger partial charge in [0.15, 0.2) is 0 Å². The maximum Gasteiger partial charge on any atom is 3.00 e. The fourth-order valence-corrected chi connectivity index (χ4v) is 1.12. The normalized spacial score (nSPS) is 8.00. The van der Waals surface area contributed by atoms with Crippen molar-refractivity contribution in [2.24, 2.45) is 0 Å². The summed E-state index contributed by atoms with van der Waals surface area (Å²) in [6.07, 6.45) is 0. The molecule has 0 heterocycles. The third-order valence-corrected chi connectivity index (χ3v) is 1.95. The van der Waals surface area contributed by atoms with E-state index in [1.165, 1.54) is 0 Å². The van der Waals surface area contributed by atoms with Crippen LogP contribution in [0.3, 0.4) is 0 Å². The van der Waals surface area contributed by atoms with Gasteiger partial charge in [-0.05, 0) is 0 Å².